The monoisotopic (exact) mass is 366 g/mol. The molecule has 1 aliphatic rings. The van der Waals surface area contributed by atoms with Crippen LogP contribution in [-0.2, 0) is 11.3 Å². The van der Waals surface area contributed by atoms with E-state index in [1.165, 1.54) is 0 Å². The van der Waals surface area contributed by atoms with E-state index in [1.54, 1.807) is 17.0 Å². The summed E-state index contributed by atoms with van der Waals surface area (Å²) in [6.45, 7) is 2.13. The molecule has 1 fully saturated rings. The van der Waals surface area contributed by atoms with E-state index in [0.29, 0.717) is 29.3 Å². The minimum absolute atomic E-state index is 0.148. The zero-order valence-corrected chi connectivity index (χ0v) is 14.5. The fourth-order valence-electron chi connectivity index (χ4n) is 3.64. The van der Waals surface area contributed by atoms with Crippen LogP contribution in [0.5, 0.6) is 0 Å². The molecule has 0 radical (unpaired) electrons. The first-order valence-corrected chi connectivity index (χ1v) is 8.92. The van der Waals surface area contributed by atoms with Crippen molar-refractivity contribution in [2.75, 3.05) is 13.2 Å². The van der Waals surface area contributed by atoms with Gasteiger partial charge in [0, 0.05) is 43.3 Å². The lowest BCUT2D eigenvalue weighted by atomic mass is 10.0. The summed E-state index contributed by atoms with van der Waals surface area (Å²) in [5, 5.41) is 0. The second-order valence-electron chi connectivity index (χ2n) is 6.89. The Hall–Kier alpha value is -3.20. The lowest BCUT2D eigenvalue weighted by molar-refractivity contribution is 0.0613. The molecule has 4 aromatic heterocycles. The van der Waals surface area contributed by atoms with Crippen LogP contribution in [0.25, 0.3) is 33.5 Å². The predicted octanol–water partition coefficient (Wildman–Crippen LogP) is 1.38. The number of ether oxygens (including phenoxy) is 1. The molecule has 1 aliphatic heterocycles. The molecule has 9 nitrogen and oxygen atoms in total. The number of aromatic nitrogens is 6. The summed E-state index contributed by atoms with van der Waals surface area (Å²) in [6, 6.07) is 3.78. The number of nitrogens with one attached hydrogen (secondary N) is 3. The molecule has 0 amide bonds. The molecule has 27 heavy (non-hydrogen) atoms. The van der Waals surface area contributed by atoms with Crippen molar-refractivity contribution in [1.82, 2.24) is 29.5 Å². The van der Waals surface area contributed by atoms with Crippen LogP contribution in [0.4, 0.5) is 0 Å². The number of fused-ring (bicyclic) bond motifs is 2. The third-order valence-electron chi connectivity index (χ3n) is 5.11. The maximum atomic E-state index is 12.4. The normalized spacial score (nSPS) is 15.7. The molecule has 3 N–H and O–H groups in total. The number of nitrogens with zero attached hydrogens (tertiary/aromatic N) is 3. The van der Waals surface area contributed by atoms with Crippen molar-refractivity contribution in [2.45, 2.75) is 19.4 Å². The van der Waals surface area contributed by atoms with Crippen molar-refractivity contribution in [3.8, 4) is 11.1 Å². The maximum Gasteiger partial charge on any atom is 0.327 e. The predicted molar refractivity (Wildman–Crippen MR) is 99.6 cm³/mol. The summed E-state index contributed by atoms with van der Waals surface area (Å²) in [4.78, 5) is 40.7. The van der Waals surface area contributed by atoms with Gasteiger partial charge in [-0.1, -0.05) is 0 Å². The number of rotatable bonds is 3. The molecule has 0 saturated carbocycles. The molecular weight excluding hydrogens is 348 g/mol. The van der Waals surface area contributed by atoms with E-state index in [0.717, 1.165) is 42.7 Å². The van der Waals surface area contributed by atoms with Crippen LogP contribution in [0.1, 0.15) is 12.8 Å². The zero-order chi connectivity index (χ0) is 18.4. The van der Waals surface area contributed by atoms with E-state index in [2.05, 4.69) is 24.9 Å². The molecule has 9 heteroatoms. The van der Waals surface area contributed by atoms with Crippen molar-refractivity contribution in [2.24, 2.45) is 5.92 Å². The Morgan fingerprint density at radius 1 is 1.00 bits per heavy atom. The second kappa shape index (κ2) is 6.20. The van der Waals surface area contributed by atoms with Crippen LogP contribution >= 0.6 is 0 Å². The quantitative estimate of drug-likeness (QED) is 0.506. The minimum Gasteiger partial charge on any atom is -0.381 e. The molecule has 1 saturated heterocycles. The van der Waals surface area contributed by atoms with E-state index < -0.39 is 0 Å². The number of aromatic amines is 3. The maximum absolute atomic E-state index is 12.4. The van der Waals surface area contributed by atoms with Gasteiger partial charge in [-0.25, -0.2) is 19.6 Å². The lowest BCUT2D eigenvalue weighted by Gasteiger charge is -2.22. The number of imidazole rings is 2. The van der Waals surface area contributed by atoms with Crippen molar-refractivity contribution < 1.29 is 4.74 Å². The highest BCUT2D eigenvalue weighted by molar-refractivity contribution is 5.82. The van der Waals surface area contributed by atoms with E-state index in [1.807, 2.05) is 12.1 Å². The Kier molecular flexibility index (Phi) is 3.68. The van der Waals surface area contributed by atoms with Crippen LogP contribution in [0.3, 0.4) is 0 Å². The first kappa shape index (κ1) is 16.0. The summed E-state index contributed by atoms with van der Waals surface area (Å²) < 4.78 is 7.16. The molecule has 5 rings (SSSR count). The summed E-state index contributed by atoms with van der Waals surface area (Å²) in [7, 11) is 0. The smallest absolute Gasteiger partial charge is 0.327 e. The SMILES string of the molecule is O=c1[nH]c2cc(-c3cnc4[nH]c(=O)n(CC5CCOCC5)c4c3)cnc2[nH]1. The second-order valence-corrected chi connectivity index (χ2v) is 6.89. The van der Waals surface area contributed by atoms with Crippen molar-refractivity contribution in [1.29, 1.82) is 0 Å². The molecule has 0 atom stereocenters. The van der Waals surface area contributed by atoms with E-state index in [4.69, 9.17) is 4.74 Å². The van der Waals surface area contributed by atoms with Gasteiger partial charge >= 0.3 is 11.4 Å². The van der Waals surface area contributed by atoms with Crippen LogP contribution in [0, 0.1) is 5.92 Å². The Balaban J connectivity index is 1.57. The number of pyridine rings is 2. The van der Waals surface area contributed by atoms with Gasteiger partial charge in [0.15, 0.2) is 11.3 Å². The Bertz CT molecular complexity index is 1240. The average molecular weight is 366 g/mol. The standard InChI is InChI=1S/C18H18N6O3/c25-17-21-13-5-11(7-19-15(13)22-17)12-6-14-16(20-8-12)23-18(26)24(14)9-10-1-3-27-4-2-10/h5-8,10H,1-4,9H2,(H,20,23,26)(H2,19,21,22,25). The van der Waals surface area contributed by atoms with Crippen LogP contribution in [-0.4, -0.2) is 42.7 Å². The fourth-order valence-corrected chi connectivity index (χ4v) is 3.64. The highest BCUT2D eigenvalue weighted by Crippen LogP contribution is 2.24. The first-order chi connectivity index (χ1) is 13.2. The zero-order valence-electron chi connectivity index (χ0n) is 14.5. The third-order valence-corrected chi connectivity index (χ3v) is 5.11. The number of hydrogen-bond donors (Lipinski definition) is 3. The van der Waals surface area contributed by atoms with Crippen molar-refractivity contribution in [3.05, 3.63) is 45.5 Å². The first-order valence-electron chi connectivity index (χ1n) is 8.92. The molecule has 0 spiro atoms. The van der Waals surface area contributed by atoms with Crippen molar-refractivity contribution in [3.63, 3.8) is 0 Å². The van der Waals surface area contributed by atoms with Gasteiger partial charge in [0.25, 0.3) is 0 Å². The van der Waals surface area contributed by atoms with Gasteiger partial charge in [-0.3, -0.25) is 14.5 Å². The average Bonchev–Trinajstić information content (AvgIpc) is 3.20. The highest BCUT2D eigenvalue weighted by Gasteiger charge is 2.18. The Morgan fingerprint density at radius 3 is 2.56 bits per heavy atom. The van der Waals surface area contributed by atoms with Gasteiger partial charge in [-0.15, -0.1) is 0 Å². The summed E-state index contributed by atoms with van der Waals surface area (Å²) in [6.07, 6.45) is 5.29. The number of hydrogen-bond acceptors (Lipinski definition) is 5. The minimum atomic E-state index is -0.292. The van der Waals surface area contributed by atoms with Crippen LogP contribution in [0.2, 0.25) is 0 Å². The molecule has 0 aliphatic carbocycles. The topological polar surface area (TPSA) is 121 Å². The fraction of sp³-hybridized carbons (Fsp3) is 0.333. The summed E-state index contributed by atoms with van der Waals surface area (Å²) in [5.74, 6) is 0.419. The van der Waals surface area contributed by atoms with Crippen LogP contribution in [0.15, 0.2) is 34.1 Å². The molecule has 138 valence electrons. The van der Waals surface area contributed by atoms with Gasteiger partial charge in [0.2, 0.25) is 0 Å². The van der Waals surface area contributed by atoms with Gasteiger partial charge in [-0.2, -0.15) is 0 Å². The molecule has 5 heterocycles. The molecular formula is C18H18N6O3. The Morgan fingerprint density at radius 2 is 1.74 bits per heavy atom. The lowest BCUT2D eigenvalue weighted by Crippen LogP contribution is -2.25. The largest absolute Gasteiger partial charge is 0.381 e. The van der Waals surface area contributed by atoms with E-state index >= 15 is 0 Å². The third kappa shape index (κ3) is 2.85. The van der Waals surface area contributed by atoms with E-state index in [-0.39, 0.29) is 11.4 Å². The number of H-pyrrole nitrogens is 3. The van der Waals surface area contributed by atoms with Gasteiger partial charge < -0.3 is 9.72 Å². The highest BCUT2D eigenvalue weighted by atomic mass is 16.5. The molecule has 0 unspecified atom stereocenters. The molecule has 4 aromatic rings. The summed E-state index contributed by atoms with van der Waals surface area (Å²) >= 11 is 0. The van der Waals surface area contributed by atoms with Gasteiger partial charge in [0.1, 0.15) is 0 Å². The van der Waals surface area contributed by atoms with Crippen LogP contribution < -0.4 is 11.4 Å². The van der Waals surface area contributed by atoms with E-state index in [9.17, 15) is 9.59 Å². The van der Waals surface area contributed by atoms with Gasteiger partial charge in [-0.05, 0) is 30.9 Å². The molecule has 0 bridgehead atoms. The summed E-state index contributed by atoms with van der Waals surface area (Å²) in [5.41, 5.74) is 3.69. The molecule has 0 aromatic carbocycles. The Labute approximate surface area is 152 Å². The van der Waals surface area contributed by atoms with Crippen molar-refractivity contribution >= 4 is 22.3 Å². The van der Waals surface area contributed by atoms with Gasteiger partial charge in [0.05, 0.1) is 11.0 Å².